The molecule has 2 aromatic heterocycles. The first-order valence-electron chi connectivity index (χ1n) is 3.93. The lowest BCUT2D eigenvalue weighted by Gasteiger charge is -2.01. The first kappa shape index (κ1) is 9.01. The lowest BCUT2D eigenvalue weighted by Crippen LogP contribution is -2.37. The number of hydrogen-bond donors (Lipinski definition) is 1. The Morgan fingerprint density at radius 1 is 1.43 bits per heavy atom. The molecule has 0 radical (unpaired) electrons. The molecule has 0 unspecified atom stereocenters. The standard InChI is InChI=1S/C8H8N2O3S/c1-4-3-14-7-5(4)6(11)10(13)8(12)9(7)2/h3,13H,1-2H3. The van der Waals surface area contributed by atoms with Gasteiger partial charge in [-0.1, -0.05) is 4.73 Å². The number of aromatic nitrogens is 2. The Morgan fingerprint density at radius 3 is 2.71 bits per heavy atom. The summed E-state index contributed by atoms with van der Waals surface area (Å²) in [4.78, 5) is 23.4. The zero-order chi connectivity index (χ0) is 10.5. The predicted molar refractivity (Wildman–Crippen MR) is 53.2 cm³/mol. The average Bonchev–Trinajstić information content (AvgIpc) is 2.54. The summed E-state index contributed by atoms with van der Waals surface area (Å²) in [5.41, 5.74) is -0.598. The van der Waals surface area contributed by atoms with Crippen LogP contribution in [0.5, 0.6) is 0 Å². The molecule has 0 spiro atoms. The minimum atomic E-state index is -0.718. The second-order valence-electron chi connectivity index (χ2n) is 3.06. The molecule has 0 atom stereocenters. The molecule has 2 rings (SSSR count). The third-order valence-corrected chi connectivity index (χ3v) is 3.31. The summed E-state index contributed by atoms with van der Waals surface area (Å²) in [6.45, 7) is 1.77. The minimum absolute atomic E-state index is 0.141. The van der Waals surface area contributed by atoms with E-state index in [4.69, 9.17) is 0 Å². The van der Waals surface area contributed by atoms with E-state index in [2.05, 4.69) is 0 Å². The highest BCUT2D eigenvalue weighted by Crippen LogP contribution is 2.19. The Morgan fingerprint density at radius 2 is 2.07 bits per heavy atom. The summed E-state index contributed by atoms with van der Waals surface area (Å²) in [7, 11) is 1.52. The average molecular weight is 212 g/mol. The lowest BCUT2D eigenvalue weighted by molar-refractivity contribution is 0.158. The highest BCUT2D eigenvalue weighted by molar-refractivity contribution is 7.17. The summed E-state index contributed by atoms with van der Waals surface area (Å²) < 4.78 is 1.40. The lowest BCUT2D eigenvalue weighted by atomic mass is 10.3. The van der Waals surface area contributed by atoms with Crippen LogP contribution in [0.4, 0.5) is 0 Å². The zero-order valence-corrected chi connectivity index (χ0v) is 8.46. The van der Waals surface area contributed by atoms with E-state index in [1.165, 1.54) is 23.0 Å². The smallest absolute Gasteiger partial charge is 0.365 e. The summed E-state index contributed by atoms with van der Waals surface area (Å²) in [5, 5.41) is 11.4. The van der Waals surface area contributed by atoms with Gasteiger partial charge in [-0.25, -0.2) is 4.79 Å². The van der Waals surface area contributed by atoms with E-state index in [9.17, 15) is 14.8 Å². The second kappa shape index (κ2) is 2.71. The van der Waals surface area contributed by atoms with Crippen molar-refractivity contribution in [2.45, 2.75) is 6.92 Å². The number of fused-ring (bicyclic) bond motifs is 1. The van der Waals surface area contributed by atoms with Gasteiger partial charge >= 0.3 is 5.69 Å². The van der Waals surface area contributed by atoms with E-state index in [1.54, 1.807) is 12.3 Å². The van der Waals surface area contributed by atoms with Crippen LogP contribution in [0.1, 0.15) is 5.56 Å². The van der Waals surface area contributed by atoms with Crippen molar-refractivity contribution in [1.29, 1.82) is 0 Å². The van der Waals surface area contributed by atoms with Crippen LogP contribution in [-0.2, 0) is 7.05 Å². The molecule has 0 saturated carbocycles. The van der Waals surface area contributed by atoms with E-state index in [1.807, 2.05) is 0 Å². The number of aryl methyl sites for hydroxylation is 2. The van der Waals surface area contributed by atoms with Gasteiger partial charge in [0.1, 0.15) is 4.83 Å². The zero-order valence-electron chi connectivity index (χ0n) is 7.64. The summed E-state index contributed by atoms with van der Waals surface area (Å²) >= 11 is 1.32. The van der Waals surface area contributed by atoms with Gasteiger partial charge in [0.25, 0.3) is 5.56 Å². The van der Waals surface area contributed by atoms with Crippen molar-refractivity contribution in [2.75, 3.05) is 0 Å². The molecular formula is C8H8N2O3S. The molecule has 0 aromatic carbocycles. The molecule has 0 aliphatic carbocycles. The number of hydrogen-bond acceptors (Lipinski definition) is 4. The van der Waals surface area contributed by atoms with Crippen LogP contribution in [0.25, 0.3) is 10.2 Å². The topological polar surface area (TPSA) is 64.2 Å². The summed E-state index contributed by atoms with van der Waals surface area (Å²) in [5.74, 6) is 0. The third-order valence-electron chi connectivity index (χ3n) is 2.13. The quantitative estimate of drug-likeness (QED) is 0.639. The normalized spacial score (nSPS) is 11.0. The Kier molecular flexibility index (Phi) is 1.75. The van der Waals surface area contributed by atoms with Crippen LogP contribution in [0, 0.1) is 6.92 Å². The maximum absolute atomic E-state index is 11.5. The number of nitrogens with zero attached hydrogens (tertiary/aromatic N) is 2. The van der Waals surface area contributed by atoms with Gasteiger partial charge in [-0.05, 0) is 17.9 Å². The highest BCUT2D eigenvalue weighted by Gasteiger charge is 2.13. The van der Waals surface area contributed by atoms with Gasteiger partial charge in [0.2, 0.25) is 0 Å². The number of rotatable bonds is 0. The molecule has 0 amide bonds. The first-order chi connectivity index (χ1) is 6.54. The molecular weight excluding hydrogens is 204 g/mol. The summed E-state index contributed by atoms with van der Waals surface area (Å²) in [6.07, 6.45) is 0. The summed E-state index contributed by atoms with van der Waals surface area (Å²) in [6, 6.07) is 0. The van der Waals surface area contributed by atoms with Crippen LogP contribution >= 0.6 is 11.3 Å². The fourth-order valence-electron chi connectivity index (χ4n) is 1.36. The van der Waals surface area contributed by atoms with Crippen molar-refractivity contribution in [3.8, 4) is 0 Å². The van der Waals surface area contributed by atoms with Crippen molar-refractivity contribution in [2.24, 2.45) is 7.05 Å². The molecule has 0 bridgehead atoms. The third kappa shape index (κ3) is 0.941. The monoisotopic (exact) mass is 212 g/mol. The molecule has 0 saturated heterocycles. The molecule has 5 nitrogen and oxygen atoms in total. The Balaban J connectivity index is 3.22. The second-order valence-corrected chi connectivity index (χ2v) is 3.92. The highest BCUT2D eigenvalue weighted by atomic mass is 32.1. The number of thiophene rings is 1. The van der Waals surface area contributed by atoms with Crippen LogP contribution in [0.3, 0.4) is 0 Å². The Bertz CT molecular complexity index is 620. The molecule has 6 heteroatoms. The van der Waals surface area contributed by atoms with E-state index in [0.717, 1.165) is 5.56 Å². The molecule has 0 aliphatic heterocycles. The van der Waals surface area contributed by atoms with Crippen molar-refractivity contribution >= 4 is 21.6 Å². The molecule has 74 valence electrons. The fourth-order valence-corrected chi connectivity index (χ4v) is 2.37. The Labute approximate surface area is 82.4 Å². The molecule has 1 N–H and O–H groups in total. The van der Waals surface area contributed by atoms with Gasteiger partial charge in [0.15, 0.2) is 0 Å². The predicted octanol–water partition coefficient (Wildman–Crippen LogP) is 0.307. The van der Waals surface area contributed by atoms with Crippen molar-refractivity contribution in [3.63, 3.8) is 0 Å². The fraction of sp³-hybridized carbons (Fsp3) is 0.250. The minimum Gasteiger partial charge on any atom is -0.421 e. The van der Waals surface area contributed by atoms with Gasteiger partial charge in [-0.3, -0.25) is 9.36 Å². The largest absolute Gasteiger partial charge is 0.421 e. The van der Waals surface area contributed by atoms with Crippen molar-refractivity contribution < 1.29 is 5.21 Å². The van der Waals surface area contributed by atoms with Crippen LogP contribution in [-0.4, -0.2) is 14.5 Å². The van der Waals surface area contributed by atoms with E-state index >= 15 is 0 Å². The van der Waals surface area contributed by atoms with Gasteiger partial charge in [-0.2, -0.15) is 0 Å². The molecule has 14 heavy (non-hydrogen) atoms. The van der Waals surface area contributed by atoms with Gasteiger partial charge < -0.3 is 5.21 Å². The first-order valence-corrected chi connectivity index (χ1v) is 4.81. The van der Waals surface area contributed by atoms with E-state index in [-0.39, 0.29) is 4.73 Å². The van der Waals surface area contributed by atoms with Crippen molar-refractivity contribution in [1.82, 2.24) is 9.30 Å². The van der Waals surface area contributed by atoms with E-state index in [0.29, 0.717) is 10.2 Å². The molecule has 0 aliphatic rings. The van der Waals surface area contributed by atoms with Crippen molar-refractivity contribution in [3.05, 3.63) is 31.8 Å². The Hall–Kier alpha value is -1.56. The van der Waals surface area contributed by atoms with Crippen LogP contribution in [0.2, 0.25) is 0 Å². The molecule has 2 aromatic rings. The molecule has 2 heterocycles. The molecule has 0 fully saturated rings. The maximum atomic E-state index is 11.5. The van der Waals surface area contributed by atoms with Crippen LogP contribution in [0.15, 0.2) is 15.0 Å². The van der Waals surface area contributed by atoms with Gasteiger partial charge in [0, 0.05) is 7.05 Å². The van der Waals surface area contributed by atoms with Gasteiger partial charge in [-0.15, -0.1) is 11.3 Å². The van der Waals surface area contributed by atoms with Gasteiger partial charge in [0.05, 0.1) is 5.39 Å². The SMILES string of the molecule is Cc1csc2c1c(=O)n(O)c(=O)n2C. The van der Waals surface area contributed by atoms with E-state index < -0.39 is 11.2 Å². The van der Waals surface area contributed by atoms with Crippen LogP contribution < -0.4 is 11.2 Å². The maximum Gasteiger partial charge on any atom is 0.365 e.